The molecule has 6 heteroatoms. The zero-order valence-corrected chi connectivity index (χ0v) is 11.3. The molecule has 0 atom stereocenters. The van der Waals surface area contributed by atoms with E-state index >= 15 is 0 Å². The molecule has 104 valence electrons. The van der Waals surface area contributed by atoms with Gasteiger partial charge in [-0.05, 0) is 24.6 Å². The molecule has 2 rings (SSSR count). The highest BCUT2D eigenvalue weighted by Crippen LogP contribution is 2.16. The number of carbonyl (C=O) groups is 1. The topological polar surface area (TPSA) is 61.2 Å². The molecule has 0 N–H and O–H groups in total. The van der Waals surface area contributed by atoms with E-state index in [0.717, 1.165) is 10.2 Å². The molecule has 0 radical (unpaired) electrons. The van der Waals surface area contributed by atoms with Gasteiger partial charge in [0.1, 0.15) is 11.5 Å². The second-order valence-electron chi connectivity index (χ2n) is 4.33. The molecular weight excluding hydrogens is 263 g/mol. The lowest BCUT2D eigenvalue weighted by Crippen LogP contribution is -2.22. The Balaban J connectivity index is 2.75. The minimum atomic E-state index is -0.607. The molecule has 1 heterocycles. The van der Waals surface area contributed by atoms with Gasteiger partial charge in [-0.1, -0.05) is 6.07 Å². The van der Waals surface area contributed by atoms with Crippen LogP contribution in [0.15, 0.2) is 29.2 Å². The van der Waals surface area contributed by atoms with Crippen molar-refractivity contribution < 1.29 is 13.9 Å². The number of carbonyl (C=O) groups excluding carboxylic acids is 1. The predicted molar refractivity (Wildman–Crippen MR) is 71.1 cm³/mol. The maximum absolute atomic E-state index is 13.9. The van der Waals surface area contributed by atoms with Crippen LogP contribution in [0.4, 0.5) is 4.39 Å². The molecule has 0 aliphatic heterocycles. The van der Waals surface area contributed by atoms with Gasteiger partial charge >= 0.3 is 0 Å². The minimum absolute atomic E-state index is 0.0638. The fourth-order valence-electron chi connectivity index (χ4n) is 1.77. The zero-order chi connectivity index (χ0) is 14.9. The Morgan fingerprint density at radius 2 is 2.10 bits per heavy atom. The Morgan fingerprint density at radius 3 is 2.70 bits per heavy atom. The molecule has 1 aromatic heterocycles. The highest BCUT2D eigenvalue weighted by atomic mass is 19.1. The van der Waals surface area contributed by atoms with Crippen LogP contribution in [0.1, 0.15) is 23.0 Å². The van der Waals surface area contributed by atoms with E-state index in [-0.39, 0.29) is 17.1 Å². The fourth-order valence-corrected chi connectivity index (χ4v) is 1.77. The third kappa shape index (κ3) is 2.45. The summed E-state index contributed by atoms with van der Waals surface area (Å²) in [5, 5.41) is 3.89. The van der Waals surface area contributed by atoms with Crippen LogP contribution in [0.25, 0.3) is 5.69 Å². The first kappa shape index (κ1) is 13.9. The van der Waals surface area contributed by atoms with Gasteiger partial charge in [0.25, 0.3) is 5.43 Å². The fraction of sp³-hybridized carbons (Fsp3) is 0.214. The lowest BCUT2D eigenvalue weighted by molar-refractivity contribution is 0.100. The maximum Gasteiger partial charge on any atom is 0.252 e. The zero-order valence-electron chi connectivity index (χ0n) is 11.3. The number of ether oxygens (including phenoxy) is 1. The average molecular weight is 276 g/mol. The van der Waals surface area contributed by atoms with Crippen LogP contribution in [0.5, 0.6) is 5.75 Å². The second-order valence-corrected chi connectivity index (χ2v) is 4.33. The van der Waals surface area contributed by atoms with Crippen molar-refractivity contribution in [3.05, 3.63) is 51.7 Å². The van der Waals surface area contributed by atoms with Crippen LogP contribution in [-0.2, 0) is 0 Å². The standard InChI is InChI=1S/C14H13FN2O3/c1-8-4-5-10(15)11(6-8)17-7-12(20-3)14(19)13(16-17)9(2)18/h4-7H,1-3H3. The van der Waals surface area contributed by atoms with Gasteiger partial charge in [0.05, 0.1) is 13.3 Å². The van der Waals surface area contributed by atoms with Crippen LogP contribution >= 0.6 is 0 Å². The van der Waals surface area contributed by atoms with Crippen molar-refractivity contribution in [2.45, 2.75) is 13.8 Å². The van der Waals surface area contributed by atoms with Gasteiger partial charge in [-0.3, -0.25) is 9.59 Å². The van der Waals surface area contributed by atoms with Gasteiger partial charge in [-0.15, -0.1) is 0 Å². The molecule has 0 spiro atoms. The number of aromatic nitrogens is 2. The Labute approximate surface area is 114 Å². The third-order valence-corrected chi connectivity index (χ3v) is 2.79. The maximum atomic E-state index is 13.9. The van der Waals surface area contributed by atoms with Crippen molar-refractivity contribution in [1.82, 2.24) is 9.78 Å². The minimum Gasteiger partial charge on any atom is -0.491 e. The Hall–Kier alpha value is -2.50. The molecule has 0 unspecified atom stereocenters. The number of Topliss-reactive ketones (excluding diaryl/α,β-unsaturated/α-hetero) is 1. The summed E-state index contributed by atoms with van der Waals surface area (Å²) in [7, 11) is 1.30. The molecule has 5 nitrogen and oxygen atoms in total. The predicted octanol–water partition coefficient (Wildman–Crippen LogP) is 1.89. The van der Waals surface area contributed by atoms with E-state index in [1.807, 2.05) is 0 Å². The van der Waals surface area contributed by atoms with Crippen LogP contribution < -0.4 is 10.2 Å². The van der Waals surface area contributed by atoms with E-state index in [4.69, 9.17) is 4.74 Å². The smallest absolute Gasteiger partial charge is 0.252 e. The Kier molecular flexibility index (Phi) is 3.65. The summed E-state index contributed by atoms with van der Waals surface area (Å²) in [5.41, 5.74) is 0.0746. The van der Waals surface area contributed by atoms with E-state index in [1.165, 1.54) is 26.3 Å². The van der Waals surface area contributed by atoms with Crippen LogP contribution in [0.2, 0.25) is 0 Å². The number of methoxy groups -OCH3 is 1. The summed E-state index contributed by atoms with van der Waals surface area (Å²) >= 11 is 0. The molecule has 0 bridgehead atoms. The first-order chi connectivity index (χ1) is 9.43. The Morgan fingerprint density at radius 1 is 1.40 bits per heavy atom. The van der Waals surface area contributed by atoms with Crippen molar-refractivity contribution in [3.8, 4) is 11.4 Å². The summed E-state index contributed by atoms with van der Waals surface area (Å²) in [6.45, 7) is 3.02. The Bertz CT molecular complexity index is 738. The van der Waals surface area contributed by atoms with Crippen LogP contribution in [-0.4, -0.2) is 22.7 Å². The molecule has 20 heavy (non-hydrogen) atoms. The van der Waals surface area contributed by atoms with Crippen LogP contribution in [0.3, 0.4) is 0 Å². The summed E-state index contributed by atoms with van der Waals surface area (Å²) in [6, 6.07) is 4.48. The molecular formula is C14H13FN2O3. The van der Waals surface area contributed by atoms with Gasteiger partial charge in [-0.25, -0.2) is 9.07 Å². The molecule has 0 aliphatic rings. The number of halogens is 1. The SMILES string of the molecule is COc1cn(-c2cc(C)ccc2F)nc(C(C)=O)c1=O. The monoisotopic (exact) mass is 276 g/mol. The molecule has 1 aromatic carbocycles. The highest BCUT2D eigenvalue weighted by Gasteiger charge is 2.16. The molecule has 2 aromatic rings. The number of benzene rings is 1. The number of hydrogen-bond donors (Lipinski definition) is 0. The number of hydrogen-bond acceptors (Lipinski definition) is 4. The van der Waals surface area contributed by atoms with E-state index in [0.29, 0.717) is 0 Å². The lowest BCUT2D eigenvalue weighted by Gasteiger charge is -2.10. The summed E-state index contributed by atoms with van der Waals surface area (Å²) in [5.74, 6) is -1.08. The van der Waals surface area contributed by atoms with Crippen molar-refractivity contribution in [3.63, 3.8) is 0 Å². The number of ketones is 1. The van der Waals surface area contributed by atoms with E-state index in [1.54, 1.807) is 19.1 Å². The van der Waals surface area contributed by atoms with Crippen LogP contribution in [0, 0.1) is 12.7 Å². The molecule has 0 amide bonds. The van der Waals surface area contributed by atoms with Gasteiger partial charge in [-0.2, -0.15) is 5.10 Å². The quantitative estimate of drug-likeness (QED) is 0.803. The van der Waals surface area contributed by atoms with Crippen molar-refractivity contribution >= 4 is 5.78 Å². The van der Waals surface area contributed by atoms with E-state index < -0.39 is 17.0 Å². The summed E-state index contributed by atoms with van der Waals surface area (Å²) in [6.07, 6.45) is 1.26. The van der Waals surface area contributed by atoms with E-state index in [2.05, 4.69) is 5.10 Å². The number of nitrogens with zero attached hydrogens (tertiary/aromatic N) is 2. The number of aryl methyl sites for hydroxylation is 1. The molecule has 0 saturated heterocycles. The molecule has 0 aliphatic carbocycles. The van der Waals surface area contributed by atoms with Gasteiger partial charge in [0.2, 0.25) is 0 Å². The van der Waals surface area contributed by atoms with Gasteiger partial charge < -0.3 is 4.74 Å². The van der Waals surface area contributed by atoms with Gasteiger partial charge in [0, 0.05) is 6.92 Å². The average Bonchev–Trinajstić information content (AvgIpc) is 2.41. The van der Waals surface area contributed by atoms with Crippen molar-refractivity contribution in [2.75, 3.05) is 7.11 Å². The lowest BCUT2D eigenvalue weighted by atomic mass is 10.2. The molecule has 0 saturated carbocycles. The first-order valence-electron chi connectivity index (χ1n) is 5.89. The molecule has 0 fully saturated rings. The summed E-state index contributed by atoms with van der Waals surface area (Å²) in [4.78, 5) is 23.3. The highest BCUT2D eigenvalue weighted by molar-refractivity contribution is 5.92. The normalized spacial score (nSPS) is 10.4. The van der Waals surface area contributed by atoms with Gasteiger partial charge in [0.15, 0.2) is 17.2 Å². The van der Waals surface area contributed by atoms with Crippen molar-refractivity contribution in [1.29, 1.82) is 0 Å². The van der Waals surface area contributed by atoms with Crippen molar-refractivity contribution in [2.24, 2.45) is 0 Å². The second kappa shape index (κ2) is 5.24. The first-order valence-corrected chi connectivity index (χ1v) is 5.89. The largest absolute Gasteiger partial charge is 0.491 e. The van der Waals surface area contributed by atoms with E-state index in [9.17, 15) is 14.0 Å². The number of rotatable bonds is 3. The summed E-state index contributed by atoms with van der Waals surface area (Å²) < 4.78 is 19.9. The third-order valence-electron chi connectivity index (χ3n) is 2.79.